The van der Waals surface area contributed by atoms with Gasteiger partial charge >= 0.3 is 0 Å². The normalized spacial score (nSPS) is 17.3. The number of benzene rings is 2. The number of carbonyl (C=O) groups is 1. The lowest BCUT2D eigenvalue weighted by Gasteiger charge is -2.23. The number of carbonyl (C=O) groups excluding carboxylic acids is 1. The second kappa shape index (κ2) is 7.46. The van der Waals surface area contributed by atoms with Crippen molar-refractivity contribution in [2.45, 2.75) is 24.5 Å². The quantitative estimate of drug-likeness (QED) is 0.430. The lowest BCUT2D eigenvalue weighted by atomic mass is 9.83. The minimum atomic E-state index is -0.233. The molecule has 0 bridgehead atoms. The van der Waals surface area contributed by atoms with Crippen LogP contribution in [0.25, 0.3) is 11.5 Å². The number of ether oxygens (including phenoxy) is 2. The molecule has 0 saturated carbocycles. The van der Waals surface area contributed by atoms with Crippen molar-refractivity contribution in [3.63, 3.8) is 0 Å². The summed E-state index contributed by atoms with van der Waals surface area (Å²) in [6.07, 6.45) is 1.72. The fourth-order valence-corrected chi connectivity index (χ4v) is 4.59. The highest BCUT2D eigenvalue weighted by Crippen LogP contribution is 2.46. The molecule has 3 aromatic rings. The molecule has 7 nitrogen and oxygen atoms in total. The molecule has 0 N–H and O–H groups in total. The lowest BCUT2D eigenvalue weighted by molar-refractivity contribution is -0.112. The number of fused-ring (bicyclic) bond motifs is 2. The Bertz CT molecular complexity index is 1200. The Kier molecular flexibility index (Phi) is 4.74. The first-order chi connectivity index (χ1) is 14.9. The zero-order valence-corrected chi connectivity index (χ0v) is 18.2. The summed E-state index contributed by atoms with van der Waals surface area (Å²) in [4.78, 5) is 14.8. The molecule has 0 atom stereocenters. The molecule has 0 radical (unpaired) electrons. The zero-order chi connectivity index (χ0) is 21.6. The van der Waals surface area contributed by atoms with Gasteiger partial charge in [-0.1, -0.05) is 43.8 Å². The van der Waals surface area contributed by atoms with Crippen LogP contribution in [0.2, 0.25) is 0 Å². The lowest BCUT2D eigenvalue weighted by Crippen LogP contribution is -2.24. The van der Waals surface area contributed by atoms with Gasteiger partial charge in [0.2, 0.25) is 12.7 Å². The summed E-state index contributed by atoms with van der Waals surface area (Å²) in [5, 5.41) is 8.49. The van der Waals surface area contributed by atoms with E-state index in [1.54, 1.807) is 12.1 Å². The van der Waals surface area contributed by atoms with Crippen LogP contribution in [0.4, 0.5) is 5.69 Å². The van der Waals surface area contributed by atoms with Crippen LogP contribution in [0.1, 0.15) is 19.4 Å². The number of thioether (sulfide) groups is 1. The van der Waals surface area contributed by atoms with Gasteiger partial charge in [-0.2, -0.15) is 0 Å². The minimum absolute atomic E-state index is 0.00411. The Morgan fingerprint density at radius 2 is 1.97 bits per heavy atom. The monoisotopic (exact) mass is 435 g/mol. The first-order valence-corrected chi connectivity index (χ1v) is 10.9. The Morgan fingerprint density at radius 3 is 2.81 bits per heavy atom. The summed E-state index contributed by atoms with van der Waals surface area (Å²) in [6.45, 7) is 4.48. The third-order valence-corrected chi connectivity index (χ3v) is 6.44. The van der Waals surface area contributed by atoms with Gasteiger partial charge in [-0.25, -0.2) is 0 Å². The Morgan fingerprint density at radius 1 is 1.16 bits per heavy atom. The van der Waals surface area contributed by atoms with Crippen LogP contribution in [0.15, 0.2) is 63.9 Å². The molecule has 1 aromatic heterocycles. The average Bonchev–Trinajstić information content (AvgIpc) is 3.47. The SMILES string of the molecule is CN1C(=CC(=O)CSc2nnc(-c3ccc4c(c3)OCO4)o2)C(C)(C)c2ccccc21. The Labute approximate surface area is 184 Å². The molecule has 0 saturated heterocycles. The highest BCUT2D eigenvalue weighted by atomic mass is 32.2. The third-order valence-electron chi connectivity index (χ3n) is 5.60. The van der Waals surface area contributed by atoms with E-state index in [0.29, 0.717) is 22.6 Å². The van der Waals surface area contributed by atoms with E-state index in [1.165, 1.54) is 17.3 Å². The van der Waals surface area contributed by atoms with E-state index in [0.717, 1.165) is 16.9 Å². The number of hydrogen-bond donors (Lipinski definition) is 0. The highest BCUT2D eigenvalue weighted by molar-refractivity contribution is 7.99. The number of anilines is 1. The third kappa shape index (κ3) is 3.46. The molecule has 2 aliphatic heterocycles. The van der Waals surface area contributed by atoms with Crippen LogP contribution in [0.5, 0.6) is 11.5 Å². The Balaban J connectivity index is 1.28. The van der Waals surface area contributed by atoms with Crippen LogP contribution in [0, 0.1) is 0 Å². The molecule has 3 heterocycles. The molecule has 2 aliphatic rings. The van der Waals surface area contributed by atoms with Gasteiger partial charge in [0.15, 0.2) is 17.3 Å². The molecule has 158 valence electrons. The summed E-state index contributed by atoms with van der Waals surface area (Å²) in [5.41, 5.74) is 3.83. The van der Waals surface area contributed by atoms with E-state index in [4.69, 9.17) is 13.9 Å². The van der Waals surface area contributed by atoms with Gasteiger partial charge in [0.05, 0.1) is 5.75 Å². The largest absolute Gasteiger partial charge is 0.454 e. The maximum Gasteiger partial charge on any atom is 0.277 e. The van der Waals surface area contributed by atoms with E-state index >= 15 is 0 Å². The molecule has 8 heteroatoms. The molecular weight excluding hydrogens is 414 g/mol. The molecule has 0 amide bonds. The van der Waals surface area contributed by atoms with Gasteiger partial charge in [0.1, 0.15) is 0 Å². The predicted octanol–water partition coefficient (Wildman–Crippen LogP) is 4.44. The predicted molar refractivity (Wildman–Crippen MR) is 118 cm³/mol. The topological polar surface area (TPSA) is 77.7 Å². The zero-order valence-electron chi connectivity index (χ0n) is 17.4. The molecule has 0 spiro atoms. The standard InChI is InChI=1S/C23H21N3O4S/c1-23(2)16-6-4-5-7-17(16)26(3)20(23)11-15(27)12-31-22-25-24-21(30-22)14-8-9-18-19(10-14)29-13-28-18/h4-11H,12-13H2,1-3H3. The Hall–Kier alpha value is -3.26. The number of para-hydroxylation sites is 1. The van der Waals surface area contributed by atoms with Crippen molar-refractivity contribution in [1.82, 2.24) is 10.2 Å². The molecule has 5 rings (SSSR count). The average molecular weight is 436 g/mol. The van der Waals surface area contributed by atoms with Crippen LogP contribution in [-0.4, -0.2) is 35.6 Å². The number of hydrogen-bond acceptors (Lipinski definition) is 8. The van der Waals surface area contributed by atoms with Gasteiger partial charge in [-0.05, 0) is 29.8 Å². The van der Waals surface area contributed by atoms with E-state index < -0.39 is 0 Å². The number of nitrogens with zero attached hydrogens (tertiary/aromatic N) is 3. The van der Waals surface area contributed by atoms with Gasteiger partial charge in [0, 0.05) is 35.5 Å². The second-order valence-electron chi connectivity index (χ2n) is 7.93. The minimum Gasteiger partial charge on any atom is -0.454 e. The first-order valence-electron chi connectivity index (χ1n) is 9.88. The van der Waals surface area contributed by atoms with Crippen molar-refractivity contribution in [2.75, 3.05) is 24.5 Å². The van der Waals surface area contributed by atoms with Crippen molar-refractivity contribution >= 4 is 23.2 Å². The van der Waals surface area contributed by atoms with E-state index in [2.05, 4.69) is 41.1 Å². The number of likely N-dealkylation sites (N-methyl/N-ethyl adjacent to an activating group) is 1. The van der Waals surface area contributed by atoms with Gasteiger partial charge in [-0.15, -0.1) is 10.2 Å². The summed E-state index contributed by atoms with van der Waals surface area (Å²) in [5.74, 6) is 1.93. The van der Waals surface area contributed by atoms with Gasteiger partial charge in [0.25, 0.3) is 5.22 Å². The van der Waals surface area contributed by atoms with Crippen LogP contribution < -0.4 is 14.4 Å². The van der Waals surface area contributed by atoms with Crippen molar-refractivity contribution in [3.8, 4) is 23.0 Å². The number of ketones is 1. The van der Waals surface area contributed by atoms with Crippen LogP contribution >= 0.6 is 11.8 Å². The molecule has 0 aliphatic carbocycles. The molecule has 0 unspecified atom stereocenters. The van der Waals surface area contributed by atoms with E-state index in [-0.39, 0.29) is 23.7 Å². The molecule has 31 heavy (non-hydrogen) atoms. The van der Waals surface area contributed by atoms with Crippen molar-refractivity contribution < 1.29 is 18.7 Å². The van der Waals surface area contributed by atoms with Gasteiger partial charge in [-0.3, -0.25) is 4.79 Å². The molecule has 2 aromatic carbocycles. The molecular formula is C23H21N3O4S. The maximum atomic E-state index is 12.7. The fraction of sp³-hybridized carbons (Fsp3) is 0.261. The summed E-state index contributed by atoms with van der Waals surface area (Å²) in [6, 6.07) is 13.7. The smallest absolute Gasteiger partial charge is 0.277 e. The number of allylic oxidation sites excluding steroid dienone is 2. The van der Waals surface area contributed by atoms with Crippen molar-refractivity contribution in [1.29, 1.82) is 0 Å². The number of aromatic nitrogens is 2. The van der Waals surface area contributed by atoms with E-state index in [1.807, 2.05) is 31.3 Å². The second-order valence-corrected chi connectivity index (χ2v) is 8.85. The van der Waals surface area contributed by atoms with Crippen molar-refractivity contribution in [2.24, 2.45) is 0 Å². The van der Waals surface area contributed by atoms with Crippen LogP contribution in [0.3, 0.4) is 0 Å². The van der Waals surface area contributed by atoms with Gasteiger partial charge < -0.3 is 18.8 Å². The number of rotatable bonds is 5. The maximum absolute atomic E-state index is 12.7. The van der Waals surface area contributed by atoms with Crippen LogP contribution in [-0.2, 0) is 10.2 Å². The summed E-state index contributed by atoms with van der Waals surface area (Å²) < 4.78 is 16.4. The summed E-state index contributed by atoms with van der Waals surface area (Å²) >= 11 is 1.23. The van der Waals surface area contributed by atoms with Crippen molar-refractivity contribution in [3.05, 3.63) is 59.8 Å². The molecule has 0 fully saturated rings. The van der Waals surface area contributed by atoms with E-state index in [9.17, 15) is 4.79 Å². The summed E-state index contributed by atoms with van der Waals surface area (Å²) in [7, 11) is 2.00. The first kappa shape index (κ1) is 19.7. The highest BCUT2D eigenvalue weighted by Gasteiger charge is 2.38. The fourth-order valence-electron chi connectivity index (χ4n) is 4.00.